The monoisotopic (exact) mass is 249 g/mol. The van der Waals surface area contributed by atoms with Crippen LogP contribution in [0.2, 0.25) is 0 Å². The largest absolute Gasteiger partial charge is 0.508 e. The summed E-state index contributed by atoms with van der Waals surface area (Å²) >= 11 is 0. The quantitative estimate of drug-likeness (QED) is 0.789. The summed E-state index contributed by atoms with van der Waals surface area (Å²) in [4.78, 5) is 11.3. The van der Waals surface area contributed by atoms with E-state index in [9.17, 15) is 9.90 Å². The lowest BCUT2D eigenvalue weighted by Crippen LogP contribution is -2.19. The summed E-state index contributed by atoms with van der Waals surface area (Å²) in [6.45, 7) is 2.20. The second-order valence-electron chi connectivity index (χ2n) is 4.73. The number of phenols is 1. The number of aromatic hydroxyl groups is 1. The zero-order valence-electron chi connectivity index (χ0n) is 10.6. The lowest BCUT2D eigenvalue weighted by Gasteiger charge is -2.07. The van der Waals surface area contributed by atoms with Crippen LogP contribution in [0.4, 0.5) is 0 Å². The van der Waals surface area contributed by atoms with Gasteiger partial charge in [0.05, 0.1) is 6.61 Å². The van der Waals surface area contributed by atoms with Gasteiger partial charge in [-0.1, -0.05) is 6.07 Å². The molecule has 3 N–H and O–H groups in total. The van der Waals surface area contributed by atoms with Crippen LogP contribution in [0.3, 0.4) is 0 Å². The van der Waals surface area contributed by atoms with Gasteiger partial charge in [-0.3, -0.25) is 4.79 Å². The molecule has 4 heteroatoms. The van der Waals surface area contributed by atoms with E-state index in [1.165, 1.54) is 0 Å². The number of hydrogen-bond acceptors (Lipinski definition) is 4. The maximum atomic E-state index is 11.3. The van der Waals surface area contributed by atoms with E-state index in [1.807, 2.05) is 6.07 Å². The number of carbonyl (C=O) groups is 1. The number of nitrogens with two attached hydrogens (primary N) is 1. The molecular weight excluding hydrogens is 230 g/mol. The number of rotatable bonds is 4. The highest BCUT2D eigenvalue weighted by Gasteiger charge is 2.21. The number of fused-ring (bicyclic) bond motifs is 1. The molecule has 0 spiro atoms. The first-order valence-electron chi connectivity index (χ1n) is 6.35. The molecule has 0 amide bonds. The molecule has 1 unspecified atom stereocenters. The Morgan fingerprint density at radius 1 is 1.50 bits per heavy atom. The zero-order chi connectivity index (χ0) is 13.1. The Morgan fingerprint density at radius 2 is 2.28 bits per heavy atom. The molecule has 0 aromatic heterocycles. The highest BCUT2D eigenvalue weighted by Crippen LogP contribution is 2.31. The van der Waals surface area contributed by atoms with Gasteiger partial charge in [-0.25, -0.2) is 0 Å². The molecule has 0 saturated heterocycles. The fourth-order valence-electron chi connectivity index (χ4n) is 2.44. The summed E-state index contributed by atoms with van der Waals surface area (Å²) in [6.07, 6.45) is 2.47. The van der Waals surface area contributed by atoms with Crippen LogP contribution in [0, 0.1) is 0 Å². The molecular formula is C14H19NO3. The number of aryl methyl sites for hydroxylation is 1. The first-order chi connectivity index (χ1) is 8.60. The van der Waals surface area contributed by atoms with Crippen LogP contribution < -0.4 is 5.73 Å². The van der Waals surface area contributed by atoms with Gasteiger partial charge >= 0.3 is 5.97 Å². The fraction of sp³-hybridized carbons (Fsp3) is 0.500. The predicted molar refractivity (Wildman–Crippen MR) is 68.4 cm³/mol. The number of phenolic OH excluding ortho intramolecular Hbond substituents is 1. The SMILES string of the molecule is CCOC(=O)CCc1cc(O)c2c(c1)CC(N)C2. The summed E-state index contributed by atoms with van der Waals surface area (Å²) in [7, 11) is 0. The highest BCUT2D eigenvalue weighted by atomic mass is 16.5. The van der Waals surface area contributed by atoms with Crippen molar-refractivity contribution in [2.75, 3.05) is 6.61 Å². The molecule has 0 radical (unpaired) electrons. The molecule has 2 rings (SSSR count). The van der Waals surface area contributed by atoms with Crippen molar-refractivity contribution >= 4 is 5.97 Å². The third-order valence-corrected chi connectivity index (χ3v) is 3.25. The van der Waals surface area contributed by atoms with Crippen molar-refractivity contribution in [3.63, 3.8) is 0 Å². The molecule has 18 heavy (non-hydrogen) atoms. The smallest absolute Gasteiger partial charge is 0.306 e. The third kappa shape index (κ3) is 2.82. The summed E-state index contributed by atoms with van der Waals surface area (Å²) in [6, 6.07) is 3.88. The van der Waals surface area contributed by atoms with E-state index in [0.29, 0.717) is 25.2 Å². The molecule has 1 aromatic carbocycles. The number of hydrogen-bond donors (Lipinski definition) is 2. The van der Waals surface area contributed by atoms with Gasteiger partial charge in [0.1, 0.15) is 5.75 Å². The van der Waals surface area contributed by atoms with Crippen molar-refractivity contribution in [1.29, 1.82) is 0 Å². The lowest BCUT2D eigenvalue weighted by molar-refractivity contribution is -0.143. The molecule has 0 heterocycles. The van der Waals surface area contributed by atoms with E-state index in [4.69, 9.17) is 10.5 Å². The Labute approximate surface area is 107 Å². The van der Waals surface area contributed by atoms with E-state index in [-0.39, 0.29) is 12.0 Å². The van der Waals surface area contributed by atoms with Crippen molar-refractivity contribution < 1.29 is 14.6 Å². The predicted octanol–water partition coefficient (Wildman–Crippen LogP) is 1.31. The first-order valence-corrected chi connectivity index (χ1v) is 6.35. The Morgan fingerprint density at radius 3 is 3.00 bits per heavy atom. The van der Waals surface area contributed by atoms with Gasteiger partial charge in [0.25, 0.3) is 0 Å². The fourth-order valence-corrected chi connectivity index (χ4v) is 2.44. The standard InChI is InChI=1S/C14H19NO3/c1-2-18-14(17)4-3-9-5-10-7-11(15)8-12(10)13(16)6-9/h5-6,11,16H,2-4,7-8,15H2,1H3. The van der Waals surface area contributed by atoms with Crippen molar-refractivity contribution in [3.05, 3.63) is 28.8 Å². The first kappa shape index (κ1) is 12.9. The van der Waals surface area contributed by atoms with Crippen LogP contribution in [0.1, 0.15) is 30.0 Å². The summed E-state index contributed by atoms with van der Waals surface area (Å²) < 4.78 is 4.88. The number of ether oxygens (including phenoxy) is 1. The lowest BCUT2D eigenvalue weighted by atomic mass is 10.0. The third-order valence-electron chi connectivity index (χ3n) is 3.25. The van der Waals surface area contributed by atoms with Crippen molar-refractivity contribution in [3.8, 4) is 5.75 Å². The molecule has 4 nitrogen and oxygen atoms in total. The van der Waals surface area contributed by atoms with Crippen molar-refractivity contribution in [1.82, 2.24) is 0 Å². The molecule has 0 aliphatic heterocycles. The minimum Gasteiger partial charge on any atom is -0.508 e. The Bertz CT molecular complexity index is 457. The topological polar surface area (TPSA) is 72.5 Å². The minimum absolute atomic E-state index is 0.103. The van der Waals surface area contributed by atoms with Crippen LogP contribution in [0.5, 0.6) is 5.75 Å². The van der Waals surface area contributed by atoms with E-state index >= 15 is 0 Å². The van der Waals surface area contributed by atoms with Crippen LogP contribution >= 0.6 is 0 Å². The van der Waals surface area contributed by atoms with Crippen molar-refractivity contribution in [2.45, 2.75) is 38.6 Å². The maximum Gasteiger partial charge on any atom is 0.306 e. The average molecular weight is 249 g/mol. The van der Waals surface area contributed by atoms with Gasteiger partial charge in [-0.2, -0.15) is 0 Å². The van der Waals surface area contributed by atoms with Gasteiger partial charge in [0, 0.05) is 12.5 Å². The Kier molecular flexibility index (Phi) is 3.87. The van der Waals surface area contributed by atoms with Crippen LogP contribution in [0.25, 0.3) is 0 Å². The van der Waals surface area contributed by atoms with E-state index in [1.54, 1.807) is 13.0 Å². The molecule has 98 valence electrons. The highest BCUT2D eigenvalue weighted by molar-refractivity contribution is 5.69. The zero-order valence-corrected chi connectivity index (χ0v) is 10.6. The number of benzene rings is 1. The van der Waals surface area contributed by atoms with Gasteiger partial charge in [-0.15, -0.1) is 0 Å². The minimum atomic E-state index is -0.200. The van der Waals surface area contributed by atoms with Crippen LogP contribution in [-0.4, -0.2) is 23.7 Å². The number of carbonyl (C=O) groups excluding carboxylic acids is 1. The van der Waals surface area contributed by atoms with E-state index in [0.717, 1.165) is 29.5 Å². The molecule has 1 aromatic rings. The van der Waals surface area contributed by atoms with Crippen molar-refractivity contribution in [2.24, 2.45) is 5.73 Å². The van der Waals surface area contributed by atoms with Gasteiger partial charge in [0.15, 0.2) is 0 Å². The summed E-state index contributed by atoms with van der Waals surface area (Å²) in [5, 5.41) is 9.93. The summed E-state index contributed by atoms with van der Waals surface area (Å²) in [5.74, 6) is 0.105. The Hall–Kier alpha value is -1.55. The van der Waals surface area contributed by atoms with E-state index < -0.39 is 0 Å². The van der Waals surface area contributed by atoms with E-state index in [2.05, 4.69) is 0 Å². The molecule has 1 atom stereocenters. The van der Waals surface area contributed by atoms with Gasteiger partial charge < -0.3 is 15.6 Å². The number of esters is 1. The van der Waals surface area contributed by atoms with Gasteiger partial charge in [-0.05, 0) is 48.9 Å². The van der Waals surface area contributed by atoms with Crippen LogP contribution in [0.15, 0.2) is 12.1 Å². The second kappa shape index (κ2) is 5.40. The molecule has 1 aliphatic rings. The molecule has 0 fully saturated rings. The van der Waals surface area contributed by atoms with Crippen LogP contribution in [-0.2, 0) is 28.8 Å². The molecule has 1 aliphatic carbocycles. The molecule has 0 saturated carbocycles. The Balaban J connectivity index is 2.05. The second-order valence-corrected chi connectivity index (χ2v) is 4.73. The maximum absolute atomic E-state index is 11.3. The average Bonchev–Trinajstić information content (AvgIpc) is 2.68. The summed E-state index contributed by atoms with van der Waals surface area (Å²) in [5.41, 5.74) is 8.92. The molecule has 0 bridgehead atoms. The normalized spacial score (nSPS) is 17.6. The van der Waals surface area contributed by atoms with Gasteiger partial charge in [0.2, 0.25) is 0 Å².